The Morgan fingerprint density at radius 1 is 1.29 bits per heavy atom. The lowest BCUT2D eigenvalue weighted by Gasteiger charge is -2.21. The quantitative estimate of drug-likeness (QED) is 0.837. The van der Waals surface area contributed by atoms with E-state index in [1.165, 1.54) is 0 Å². The first-order valence-electron chi connectivity index (χ1n) is 6.91. The van der Waals surface area contributed by atoms with E-state index >= 15 is 0 Å². The van der Waals surface area contributed by atoms with Crippen LogP contribution in [0.15, 0.2) is 49.1 Å². The number of aromatic nitrogens is 2. The lowest BCUT2D eigenvalue weighted by molar-refractivity contribution is 0.0959. The summed E-state index contributed by atoms with van der Waals surface area (Å²) in [6.07, 6.45) is 4.94. The van der Waals surface area contributed by atoms with E-state index in [0.29, 0.717) is 26.2 Å². The number of hydrogen-bond donors (Lipinski definition) is 1. The van der Waals surface area contributed by atoms with Crippen molar-refractivity contribution in [2.45, 2.75) is 13.2 Å². The number of imidazole rings is 1. The third kappa shape index (κ3) is 4.92. The maximum absolute atomic E-state index is 12.1. The summed E-state index contributed by atoms with van der Waals surface area (Å²) in [6.45, 7) is 2.36. The molecule has 0 saturated carbocycles. The zero-order valence-corrected chi connectivity index (χ0v) is 11.9. The number of carbonyl (C=O) groups is 1. The van der Waals surface area contributed by atoms with Crippen molar-refractivity contribution in [3.05, 3.63) is 54.6 Å². The van der Waals surface area contributed by atoms with Crippen molar-refractivity contribution >= 4 is 6.09 Å². The van der Waals surface area contributed by atoms with E-state index < -0.39 is 0 Å². The molecule has 0 aliphatic heterocycles. The maximum Gasteiger partial charge on any atom is 0.410 e. The molecule has 1 aromatic carbocycles. The van der Waals surface area contributed by atoms with Crippen LogP contribution in [0.2, 0.25) is 0 Å². The van der Waals surface area contributed by atoms with Gasteiger partial charge in [-0.2, -0.15) is 0 Å². The molecule has 1 aromatic heterocycles. The van der Waals surface area contributed by atoms with Crippen molar-refractivity contribution in [2.24, 2.45) is 5.73 Å². The van der Waals surface area contributed by atoms with Crippen LogP contribution >= 0.6 is 0 Å². The zero-order chi connectivity index (χ0) is 14.9. The summed E-state index contributed by atoms with van der Waals surface area (Å²) in [5.74, 6) is 0. The Bertz CT molecular complexity index is 528. The number of rotatable bonds is 7. The molecule has 1 heterocycles. The number of amides is 1. The summed E-state index contributed by atoms with van der Waals surface area (Å²) in [7, 11) is 0. The average Bonchev–Trinajstić information content (AvgIpc) is 3.03. The van der Waals surface area contributed by atoms with Crippen LogP contribution in [0.4, 0.5) is 4.79 Å². The van der Waals surface area contributed by atoms with Gasteiger partial charge in [0.1, 0.15) is 6.61 Å². The molecule has 0 unspecified atom stereocenters. The molecule has 0 saturated heterocycles. The Kier molecular flexibility index (Phi) is 5.78. The number of nitrogens with two attached hydrogens (primary N) is 1. The highest BCUT2D eigenvalue weighted by molar-refractivity contribution is 5.67. The van der Waals surface area contributed by atoms with E-state index in [2.05, 4.69) is 4.98 Å². The third-order valence-corrected chi connectivity index (χ3v) is 3.05. The molecule has 0 spiro atoms. The number of carbonyl (C=O) groups excluding carboxylic acids is 1. The van der Waals surface area contributed by atoms with Gasteiger partial charge in [0, 0.05) is 38.6 Å². The largest absolute Gasteiger partial charge is 0.445 e. The molecule has 0 bridgehead atoms. The molecule has 2 N–H and O–H groups in total. The van der Waals surface area contributed by atoms with Crippen LogP contribution in [-0.4, -0.2) is 40.2 Å². The molecule has 0 aliphatic carbocycles. The fourth-order valence-corrected chi connectivity index (χ4v) is 1.92. The molecule has 0 fully saturated rings. The molecule has 0 radical (unpaired) electrons. The van der Waals surface area contributed by atoms with Gasteiger partial charge in [-0.15, -0.1) is 0 Å². The molecule has 6 heteroatoms. The van der Waals surface area contributed by atoms with Crippen LogP contribution in [0, 0.1) is 0 Å². The molecule has 1 amide bonds. The van der Waals surface area contributed by atoms with Crippen molar-refractivity contribution in [3.8, 4) is 0 Å². The van der Waals surface area contributed by atoms with E-state index in [4.69, 9.17) is 10.5 Å². The van der Waals surface area contributed by atoms with Gasteiger partial charge in [-0.1, -0.05) is 30.3 Å². The minimum atomic E-state index is -0.343. The van der Waals surface area contributed by atoms with Crippen molar-refractivity contribution in [3.63, 3.8) is 0 Å². The van der Waals surface area contributed by atoms with Crippen LogP contribution in [0.1, 0.15) is 5.56 Å². The van der Waals surface area contributed by atoms with Gasteiger partial charge in [0.05, 0.1) is 6.33 Å². The SMILES string of the molecule is NCCN(CCn1ccnc1)C(=O)OCc1ccccc1. The van der Waals surface area contributed by atoms with Gasteiger partial charge in [-0.05, 0) is 5.56 Å². The van der Waals surface area contributed by atoms with Gasteiger partial charge in [-0.3, -0.25) is 0 Å². The maximum atomic E-state index is 12.1. The number of ether oxygens (including phenoxy) is 1. The summed E-state index contributed by atoms with van der Waals surface area (Å²) < 4.78 is 7.23. The smallest absolute Gasteiger partial charge is 0.410 e. The average molecular weight is 288 g/mol. The number of hydrogen-bond acceptors (Lipinski definition) is 4. The van der Waals surface area contributed by atoms with Gasteiger partial charge >= 0.3 is 6.09 Å². The molecular formula is C15H20N4O2. The molecule has 0 atom stereocenters. The van der Waals surface area contributed by atoms with Crippen molar-refractivity contribution in [2.75, 3.05) is 19.6 Å². The Labute approximate surface area is 124 Å². The monoisotopic (exact) mass is 288 g/mol. The lowest BCUT2D eigenvalue weighted by atomic mass is 10.2. The Morgan fingerprint density at radius 2 is 2.10 bits per heavy atom. The standard InChI is InChI=1S/C15H20N4O2/c16-6-8-19(11-10-18-9-7-17-13-18)15(20)21-12-14-4-2-1-3-5-14/h1-5,7,9,13H,6,8,10-12,16H2. The Morgan fingerprint density at radius 3 is 2.76 bits per heavy atom. The second kappa shape index (κ2) is 8.06. The number of benzene rings is 1. The third-order valence-electron chi connectivity index (χ3n) is 3.05. The van der Waals surface area contributed by atoms with Crippen molar-refractivity contribution in [1.82, 2.24) is 14.5 Å². The van der Waals surface area contributed by atoms with Gasteiger partial charge < -0.3 is 19.9 Å². The second-order valence-electron chi connectivity index (χ2n) is 4.62. The Balaban J connectivity index is 1.83. The van der Waals surface area contributed by atoms with Crippen LogP contribution in [0.5, 0.6) is 0 Å². The van der Waals surface area contributed by atoms with E-state index in [1.807, 2.05) is 41.1 Å². The molecule has 112 valence electrons. The number of nitrogens with zero attached hydrogens (tertiary/aromatic N) is 3. The first kappa shape index (κ1) is 15.1. The van der Waals surface area contributed by atoms with Crippen molar-refractivity contribution < 1.29 is 9.53 Å². The minimum absolute atomic E-state index is 0.270. The van der Waals surface area contributed by atoms with E-state index in [0.717, 1.165) is 5.56 Å². The highest BCUT2D eigenvalue weighted by Gasteiger charge is 2.14. The topological polar surface area (TPSA) is 73.4 Å². The molecule has 0 aliphatic rings. The summed E-state index contributed by atoms with van der Waals surface area (Å²) in [4.78, 5) is 17.7. The zero-order valence-electron chi connectivity index (χ0n) is 11.9. The first-order chi connectivity index (χ1) is 10.3. The van der Waals surface area contributed by atoms with Crippen LogP contribution < -0.4 is 5.73 Å². The predicted molar refractivity (Wildman–Crippen MR) is 79.5 cm³/mol. The molecule has 2 rings (SSSR count). The highest BCUT2D eigenvalue weighted by Crippen LogP contribution is 2.03. The van der Waals surface area contributed by atoms with Crippen LogP contribution in [-0.2, 0) is 17.9 Å². The molecule has 21 heavy (non-hydrogen) atoms. The van der Waals surface area contributed by atoms with Gasteiger partial charge in [0.15, 0.2) is 0 Å². The minimum Gasteiger partial charge on any atom is -0.445 e. The Hall–Kier alpha value is -2.34. The van der Waals surface area contributed by atoms with Crippen LogP contribution in [0.3, 0.4) is 0 Å². The predicted octanol–water partition coefficient (Wildman–Crippen LogP) is 1.48. The molecule has 2 aromatic rings. The van der Waals surface area contributed by atoms with Crippen molar-refractivity contribution in [1.29, 1.82) is 0 Å². The fraction of sp³-hybridized carbons (Fsp3) is 0.333. The summed E-state index contributed by atoms with van der Waals surface area (Å²) in [6, 6.07) is 9.61. The summed E-state index contributed by atoms with van der Waals surface area (Å²) >= 11 is 0. The van der Waals surface area contributed by atoms with E-state index in [9.17, 15) is 4.79 Å². The first-order valence-corrected chi connectivity index (χ1v) is 6.91. The second-order valence-corrected chi connectivity index (χ2v) is 4.62. The molecule has 6 nitrogen and oxygen atoms in total. The van der Waals surface area contributed by atoms with Gasteiger partial charge in [0.2, 0.25) is 0 Å². The fourth-order valence-electron chi connectivity index (χ4n) is 1.92. The lowest BCUT2D eigenvalue weighted by Crippen LogP contribution is -2.37. The van der Waals surface area contributed by atoms with Gasteiger partial charge in [-0.25, -0.2) is 9.78 Å². The van der Waals surface area contributed by atoms with E-state index in [1.54, 1.807) is 17.4 Å². The normalized spacial score (nSPS) is 10.3. The highest BCUT2D eigenvalue weighted by atomic mass is 16.6. The van der Waals surface area contributed by atoms with E-state index in [-0.39, 0.29) is 12.7 Å². The summed E-state index contributed by atoms with van der Waals surface area (Å²) in [5.41, 5.74) is 6.52. The van der Waals surface area contributed by atoms with Gasteiger partial charge in [0.25, 0.3) is 0 Å². The molecular weight excluding hydrogens is 268 g/mol. The summed E-state index contributed by atoms with van der Waals surface area (Å²) in [5, 5.41) is 0. The van der Waals surface area contributed by atoms with Crippen LogP contribution in [0.25, 0.3) is 0 Å².